The molecule has 31 heavy (non-hydrogen) atoms. The SMILES string of the molecule is COC(=O)c1ccccc1-n1ncc(NCCCN2CCc3ccccc32)c(Cl)c1=O. The van der Waals surface area contributed by atoms with Crippen LogP contribution in [0, 0.1) is 0 Å². The standard InChI is InChI=1S/C23H23ClN4O3/c1-31-23(30)17-8-3-5-10-20(17)28-22(29)21(24)18(15-26-28)25-12-6-13-27-14-11-16-7-2-4-9-19(16)27/h2-5,7-10,15,25H,6,11-14H2,1H3. The van der Waals surface area contributed by atoms with Gasteiger partial charge in [-0.1, -0.05) is 41.9 Å². The summed E-state index contributed by atoms with van der Waals surface area (Å²) in [4.78, 5) is 27.2. The summed E-state index contributed by atoms with van der Waals surface area (Å²) < 4.78 is 5.90. The second kappa shape index (κ2) is 9.22. The molecule has 0 fully saturated rings. The van der Waals surface area contributed by atoms with Gasteiger partial charge >= 0.3 is 5.97 Å². The first kappa shape index (κ1) is 20.9. The summed E-state index contributed by atoms with van der Waals surface area (Å²) in [6.45, 7) is 2.60. The lowest BCUT2D eigenvalue weighted by molar-refractivity contribution is 0.0600. The minimum Gasteiger partial charge on any atom is -0.465 e. The third-order valence-corrected chi connectivity index (χ3v) is 5.73. The molecule has 0 unspecified atom stereocenters. The Morgan fingerprint density at radius 3 is 2.71 bits per heavy atom. The molecule has 8 heteroatoms. The Hall–Kier alpha value is -3.32. The smallest absolute Gasteiger partial charge is 0.340 e. The Morgan fingerprint density at radius 1 is 1.16 bits per heavy atom. The Balaban J connectivity index is 1.43. The molecule has 0 amide bonds. The molecule has 0 saturated heterocycles. The van der Waals surface area contributed by atoms with Crippen LogP contribution in [-0.4, -0.2) is 42.5 Å². The monoisotopic (exact) mass is 438 g/mol. The van der Waals surface area contributed by atoms with Crippen LogP contribution in [-0.2, 0) is 11.2 Å². The Bertz CT molecular complexity index is 1160. The molecule has 2 aromatic carbocycles. The molecule has 1 aromatic heterocycles. The molecule has 0 atom stereocenters. The molecule has 0 saturated carbocycles. The maximum Gasteiger partial charge on any atom is 0.340 e. The number of carbonyl (C=O) groups excluding carboxylic acids is 1. The molecule has 160 valence electrons. The number of fused-ring (bicyclic) bond motifs is 1. The highest BCUT2D eigenvalue weighted by molar-refractivity contribution is 6.33. The Kier molecular flexibility index (Phi) is 6.23. The van der Waals surface area contributed by atoms with E-state index in [0.717, 1.165) is 30.6 Å². The fourth-order valence-corrected chi connectivity index (χ4v) is 4.00. The number of para-hydroxylation sites is 2. The average molecular weight is 439 g/mol. The molecule has 1 aliphatic heterocycles. The number of nitrogens with one attached hydrogen (secondary N) is 1. The molecule has 0 radical (unpaired) electrons. The van der Waals surface area contributed by atoms with Crippen LogP contribution in [0.15, 0.2) is 59.5 Å². The lowest BCUT2D eigenvalue weighted by Gasteiger charge is -2.19. The minimum absolute atomic E-state index is 0.0289. The maximum atomic E-state index is 12.8. The summed E-state index contributed by atoms with van der Waals surface area (Å²) in [5, 5.41) is 7.44. The van der Waals surface area contributed by atoms with Crippen molar-refractivity contribution in [2.75, 3.05) is 37.0 Å². The van der Waals surface area contributed by atoms with Crippen LogP contribution in [0.2, 0.25) is 5.02 Å². The first-order chi connectivity index (χ1) is 15.1. The van der Waals surface area contributed by atoms with E-state index in [-0.39, 0.29) is 10.6 Å². The zero-order valence-corrected chi connectivity index (χ0v) is 17.9. The fourth-order valence-electron chi connectivity index (χ4n) is 3.80. The van der Waals surface area contributed by atoms with Gasteiger partial charge in [0.05, 0.1) is 30.2 Å². The van der Waals surface area contributed by atoms with Crippen LogP contribution in [0.5, 0.6) is 0 Å². The van der Waals surface area contributed by atoms with Crippen LogP contribution in [0.4, 0.5) is 11.4 Å². The second-order valence-electron chi connectivity index (χ2n) is 7.24. The summed E-state index contributed by atoms with van der Waals surface area (Å²) >= 11 is 6.32. The van der Waals surface area contributed by atoms with Crippen molar-refractivity contribution in [1.82, 2.24) is 9.78 Å². The van der Waals surface area contributed by atoms with Crippen molar-refractivity contribution in [2.45, 2.75) is 12.8 Å². The quantitative estimate of drug-likeness (QED) is 0.449. The molecule has 0 bridgehead atoms. The Morgan fingerprint density at radius 2 is 1.90 bits per heavy atom. The molecule has 3 aromatic rings. The Labute approximate surface area is 185 Å². The van der Waals surface area contributed by atoms with Crippen molar-refractivity contribution in [3.8, 4) is 5.69 Å². The van der Waals surface area contributed by atoms with Gasteiger partial charge in [0.25, 0.3) is 5.56 Å². The third kappa shape index (κ3) is 4.27. The van der Waals surface area contributed by atoms with Crippen LogP contribution >= 0.6 is 11.6 Å². The number of esters is 1. The van der Waals surface area contributed by atoms with Gasteiger partial charge in [-0.25, -0.2) is 4.79 Å². The molecular formula is C23H23ClN4O3. The van der Waals surface area contributed by atoms with Gasteiger partial charge < -0.3 is 15.0 Å². The van der Waals surface area contributed by atoms with Crippen LogP contribution < -0.4 is 15.8 Å². The number of halogens is 1. The number of rotatable bonds is 7. The topological polar surface area (TPSA) is 76.5 Å². The van der Waals surface area contributed by atoms with E-state index in [1.165, 1.54) is 24.6 Å². The predicted molar refractivity (Wildman–Crippen MR) is 122 cm³/mol. The van der Waals surface area contributed by atoms with Crippen LogP contribution in [0.3, 0.4) is 0 Å². The zero-order chi connectivity index (χ0) is 21.8. The number of benzene rings is 2. The number of nitrogens with zero attached hydrogens (tertiary/aromatic N) is 3. The van der Waals surface area contributed by atoms with Gasteiger partial charge in [-0.05, 0) is 36.6 Å². The fraction of sp³-hybridized carbons (Fsp3) is 0.261. The number of methoxy groups -OCH3 is 1. The van der Waals surface area contributed by atoms with E-state index < -0.39 is 11.5 Å². The van der Waals surface area contributed by atoms with Crippen molar-refractivity contribution >= 4 is 28.9 Å². The summed E-state index contributed by atoms with van der Waals surface area (Å²) in [5.41, 5.74) is 3.21. The highest BCUT2D eigenvalue weighted by Gasteiger charge is 2.19. The molecular weight excluding hydrogens is 416 g/mol. The van der Waals surface area contributed by atoms with Crippen molar-refractivity contribution in [3.63, 3.8) is 0 Å². The second-order valence-corrected chi connectivity index (χ2v) is 7.62. The highest BCUT2D eigenvalue weighted by atomic mass is 35.5. The minimum atomic E-state index is -0.550. The van der Waals surface area contributed by atoms with Gasteiger partial charge in [-0.3, -0.25) is 4.79 Å². The van der Waals surface area contributed by atoms with Crippen molar-refractivity contribution < 1.29 is 9.53 Å². The third-order valence-electron chi connectivity index (χ3n) is 5.36. The van der Waals surface area contributed by atoms with Gasteiger partial charge in [0.15, 0.2) is 0 Å². The number of aromatic nitrogens is 2. The molecule has 0 aliphatic carbocycles. The van der Waals surface area contributed by atoms with Gasteiger partial charge in [-0.2, -0.15) is 9.78 Å². The van der Waals surface area contributed by atoms with Crippen LogP contribution in [0.1, 0.15) is 22.3 Å². The van der Waals surface area contributed by atoms with E-state index in [0.29, 0.717) is 17.9 Å². The number of hydrogen-bond donors (Lipinski definition) is 1. The molecule has 1 N–H and O–H groups in total. The highest BCUT2D eigenvalue weighted by Crippen LogP contribution is 2.27. The number of anilines is 2. The molecule has 4 rings (SSSR count). The van der Waals surface area contributed by atoms with E-state index in [1.54, 1.807) is 24.3 Å². The summed E-state index contributed by atoms with van der Waals surface area (Å²) in [6, 6.07) is 15.1. The average Bonchev–Trinajstić information content (AvgIpc) is 3.22. The summed E-state index contributed by atoms with van der Waals surface area (Å²) in [7, 11) is 1.29. The summed E-state index contributed by atoms with van der Waals surface area (Å²) in [5.74, 6) is -0.550. The summed E-state index contributed by atoms with van der Waals surface area (Å²) in [6.07, 6.45) is 3.46. The lowest BCUT2D eigenvalue weighted by Crippen LogP contribution is -2.26. The van der Waals surface area contributed by atoms with E-state index >= 15 is 0 Å². The molecule has 0 spiro atoms. The van der Waals surface area contributed by atoms with Gasteiger partial charge in [0.1, 0.15) is 5.02 Å². The van der Waals surface area contributed by atoms with E-state index in [9.17, 15) is 9.59 Å². The van der Waals surface area contributed by atoms with E-state index in [4.69, 9.17) is 16.3 Å². The molecule has 1 aliphatic rings. The van der Waals surface area contributed by atoms with E-state index in [2.05, 4.69) is 39.6 Å². The van der Waals surface area contributed by atoms with Crippen molar-refractivity contribution in [3.05, 3.63) is 81.2 Å². The molecule has 7 nitrogen and oxygen atoms in total. The van der Waals surface area contributed by atoms with Gasteiger partial charge in [0, 0.05) is 25.3 Å². The van der Waals surface area contributed by atoms with Crippen LogP contribution in [0.25, 0.3) is 5.69 Å². The van der Waals surface area contributed by atoms with Gasteiger partial charge in [-0.15, -0.1) is 0 Å². The number of ether oxygens (including phenoxy) is 1. The number of carbonyl (C=O) groups is 1. The first-order valence-electron chi connectivity index (χ1n) is 10.1. The zero-order valence-electron chi connectivity index (χ0n) is 17.2. The predicted octanol–water partition coefficient (Wildman–Crippen LogP) is 3.54. The lowest BCUT2D eigenvalue weighted by atomic mass is 10.2. The largest absolute Gasteiger partial charge is 0.465 e. The molecule has 2 heterocycles. The van der Waals surface area contributed by atoms with Crippen molar-refractivity contribution in [1.29, 1.82) is 0 Å². The normalized spacial score (nSPS) is 12.5. The van der Waals surface area contributed by atoms with Gasteiger partial charge in [0.2, 0.25) is 0 Å². The first-order valence-corrected chi connectivity index (χ1v) is 10.5. The number of hydrogen-bond acceptors (Lipinski definition) is 6. The van der Waals surface area contributed by atoms with Crippen molar-refractivity contribution in [2.24, 2.45) is 0 Å². The van der Waals surface area contributed by atoms with E-state index in [1.807, 2.05) is 0 Å². The maximum absolute atomic E-state index is 12.8.